The number of benzene rings is 1. The molecule has 0 aliphatic carbocycles. The van der Waals surface area contributed by atoms with Gasteiger partial charge in [-0.25, -0.2) is 0 Å². The third-order valence-electron chi connectivity index (χ3n) is 3.55. The quantitative estimate of drug-likeness (QED) is 0.765. The van der Waals surface area contributed by atoms with Crippen LogP contribution in [0.1, 0.15) is 31.4 Å². The van der Waals surface area contributed by atoms with Crippen LogP contribution in [0.25, 0.3) is 0 Å². The first-order chi connectivity index (χ1) is 8.76. The number of hydrogen-bond acceptors (Lipinski definition) is 3. The monoisotopic (exact) mass is 247 g/mol. The first-order valence-electron chi connectivity index (χ1n) is 6.73. The number of ether oxygens (including phenoxy) is 1. The average Bonchev–Trinajstić information content (AvgIpc) is 2.40. The summed E-state index contributed by atoms with van der Waals surface area (Å²) < 4.78 is 5.16. The Morgan fingerprint density at radius 2 is 2.06 bits per heavy atom. The summed E-state index contributed by atoms with van der Waals surface area (Å²) >= 11 is 0. The lowest BCUT2D eigenvalue weighted by Crippen LogP contribution is -2.44. The van der Waals surface area contributed by atoms with Crippen LogP contribution >= 0.6 is 0 Å². The fourth-order valence-corrected chi connectivity index (χ4v) is 2.60. The topological polar surface area (TPSA) is 29.5 Å². The molecule has 3 heteroatoms. The normalized spacial score (nSPS) is 17.0. The van der Waals surface area contributed by atoms with Gasteiger partial charge >= 0.3 is 5.97 Å². The van der Waals surface area contributed by atoms with Gasteiger partial charge in [-0.15, -0.1) is 0 Å². The van der Waals surface area contributed by atoms with Gasteiger partial charge in [-0.3, -0.25) is 9.69 Å². The Bertz CT molecular complexity index is 417. The Morgan fingerprint density at radius 1 is 1.33 bits per heavy atom. The second kappa shape index (κ2) is 6.01. The van der Waals surface area contributed by atoms with Crippen LogP contribution < -0.4 is 0 Å². The Hall–Kier alpha value is -1.35. The molecule has 1 aromatic carbocycles. The van der Waals surface area contributed by atoms with Crippen molar-refractivity contribution in [3.63, 3.8) is 0 Å². The van der Waals surface area contributed by atoms with Gasteiger partial charge in [0.15, 0.2) is 0 Å². The van der Waals surface area contributed by atoms with Crippen LogP contribution in [0.2, 0.25) is 0 Å². The minimum atomic E-state index is -0.0988. The molecule has 3 nitrogen and oxygen atoms in total. The Kier molecular flexibility index (Phi) is 4.37. The van der Waals surface area contributed by atoms with Crippen molar-refractivity contribution in [3.8, 4) is 0 Å². The highest BCUT2D eigenvalue weighted by Crippen LogP contribution is 2.21. The number of fused-ring (bicyclic) bond motifs is 1. The molecule has 0 amide bonds. The van der Waals surface area contributed by atoms with Crippen molar-refractivity contribution >= 4 is 5.97 Å². The highest BCUT2D eigenvalue weighted by atomic mass is 16.5. The van der Waals surface area contributed by atoms with E-state index < -0.39 is 0 Å². The van der Waals surface area contributed by atoms with E-state index in [0.29, 0.717) is 6.61 Å². The molecule has 0 aromatic heterocycles. The zero-order chi connectivity index (χ0) is 13.0. The molecule has 1 aliphatic heterocycles. The van der Waals surface area contributed by atoms with E-state index in [1.165, 1.54) is 11.1 Å². The molecule has 0 saturated heterocycles. The fourth-order valence-electron chi connectivity index (χ4n) is 2.60. The predicted molar refractivity (Wildman–Crippen MR) is 71.3 cm³/mol. The van der Waals surface area contributed by atoms with Gasteiger partial charge in [0.25, 0.3) is 0 Å². The molecule has 2 rings (SSSR count). The van der Waals surface area contributed by atoms with E-state index in [4.69, 9.17) is 4.74 Å². The SMILES string of the molecule is CCOC(=O)C(CC)N1CCc2ccccc2C1. The van der Waals surface area contributed by atoms with E-state index in [9.17, 15) is 4.79 Å². The molecule has 1 unspecified atom stereocenters. The minimum absolute atomic E-state index is 0.0839. The maximum atomic E-state index is 11.9. The van der Waals surface area contributed by atoms with Gasteiger partial charge in [0.2, 0.25) is 0 Å². The van der Waals surface area contributed by atoms with Crippen molar-refractivity contribution < 1.29 is 9.53 Å². The number of esters is 1. The van der Waals surface area contributed by atoms with Gasteiger partial charge in [0.05, 0.1) is 6.61 Å². The van der Waals surface area contributed by atoms with E-state index in [1.807, 2.05) is 13.8 Å². The van der Waals surface area contributed by atoms with Gasteiger partial charge in [-0.1, -0.05) is 31.2 Å². The molecule has 0 radical (unpaired) electrons. The molecule has 0 fully saturated rings. The van der Waals surface area contributed by atoms with Crippen LogP contribution in [0, 0.1) is 0 Å². The smallest absolute Gasteiger partial charge is 0.323 e. The van der Waals surface area contributed by atoms with Gasteiger partial charge in [-0.2, -0.15) is 0 Å². The second-order valence-corrected chi connectivity index (χ2v) is 4.67. The average molecular weight is 247 g/mol. The number of nitrogens with zero attached hydrogens (tertiary/aromatic N) is 1. The van der Waals surface area contributed by atoms with Crippen molar-refractivity contribution in [3.05, 3.63) is 35.4 Å². The molecule has 98 valence electrons. The first-order valence-corrected chi connectivity index (χ1v) is 6.73. The zero-order valence-electron chi connectivity index (χ0n) is 11.2. The van der Waals surface area contributed by atoms with Crippen molar-refractivity contribution in [2.45, 2.75) is 39.3 Å². The minimum Gasteiger partial charge on any atom is -0.465 e. The van der Waals surface area contributed by atoms with E-state index in [0.717, 1.165) is 25.9 Å². The van der Waals surface area contributed by atoms with E-state index in [1.54, 1.807) is 0 Å². The second-order valence-electron chi connectivity index (χ2n) is 4.67. The molecular formula is C15H21NO2. The number of carbonyl (C=O) groups is 1. The molecule has 1 heterocycles. The van der Waals surface area contributed by atoms with Crippen molar-refractivity contribution in [1.29, 1.82) is 0 Å². The molecule has 1 atom stereocenters. The summed E-state index contributed by atoms with van der Waals surface area (Å²) in [4.78, 5) is 14.2. The first kappa shape index (κ1) is 13.1. The number of hydrogen-bond donors (Lipinski definition) is 0. The molecule has 18 heavy (non-hydrogen) atoms. The molecule has 1 aromatic rings. The van der Waals surface area contributed by atoms with Crippen LogP contribution in [0.3, 0.4) is 0 Å². The summed E-state index contributed by atoms with van der Waals surface area (Å²) in [6.45, 7) is 6.15. The van der Waals surface area contributed by atoms with Crippen LogP contribution in [0.4, 0.5) is 0 Å². The molecule has 1 aliphatic rings. The summed E-state index contributed by atoms with van der Waals surface area (Å²) in [7, 11) is 0. The van der Waals surface area contributed by atoms with Crippen LogP contribution in [-0.2, 0) is 22.5 Å². The molecule has 0 bridgehead atoms. The lowest BCUT2D eigenvalue weighted by molar-refractivity contribution is -0.150. The van der Waals surface area contributed by atoms with Crippen LogP contribution in [0.5, 0.6) is 0 Å². The molecule has 0 saturated carbocycles. The van der Waals surface area contributed by atoms with Crippen molar-refractivity contribution in [2.24, 2.45) is 0 Å². The standard InChI is InChI=1S/C15H21NO2/c1-3-14(15(17)18-4-2)16-10-9-12-7-5-6-8-13(12)11-16/h5-8,14H,3-4,9-11H2,1-2H3. The van der Waals surface area contributed by atoms with Gasteiger partial charge in [-0.05, 0) is 30.9 Å². The van der Waals surface area contributed by atoms with Gasteiger partial charge in [0, 0.05) is 13.1 Å². The van der Waals surface area contributed by atoms with Crippen LogP contribution in [0.15, 0.2) is 24.3 Å². The maximum absolute atomic E-state index is 11.9. The zero-order valence-corrected chi connectivity index (χ0v) is 11.2. The Labute approximate surface area is 109 Å². The van der Waals surface area contributed by atoms with Gasteiger partial charge < -0.3 is 4.74 Å². The summed E-state index contributed by atoms with van der Waals surface area (Å²) in [5, 5.41) is 0. The lowest BCUT2D eigenvalue weighted by Gasteiger charge is -2.33. The Balaban J connectivity index is 2.09. The largest absolute Gasteiger partial charge is 0.465 e. The summed E-state index contributed by atoms with van der Waals surface area (Å²) in [6.07, 6.45) is 1.83. The van der Waals surface area contributed by atoms with E-state index in [-0.39, 0.29) is 12.0 Å². The van der Waals surface area contributed by atoms with E-state index >= 15 is 0 Å². The molecular weight excluding hydrogens is 226 g/mol. The lowest BCUT2D eigenvalue weighted by atomic mass is 9.98. The van der Waals surface area contributed by atoms with Crippen molar-refractivity contribution in [2.75, 3.05) is 13.2 Å². The Morgan fingerprint density at radius 3 is 2.72 bits per heavy atom. The van der Waals surface area contributed by atoms with E-state index in [2.05, 4.69) is 29.2 Å². The molecule has 0 N–H and O–H groups in total. The van der Waals surface area contributed by atoms with Crippen LogP contribution in [-0.4, -0.2) is 30.1 Å². The van der Waals surface area contributed by atoms with Crippen molar-refractivity contribution in [1.82, 2.24) is 4.90 Å². The van der Waals surface area contributed by atoms with Gasteiger partial charge in [0.1, 0.15) is 6.04 Å². The molecule has 0 spiro atoms. The highest BCUT2D eigenvalue weighted by Gasteiger charge is 2.28. The third kappa shape index (κ3) is 2.72. The third-order valence-corrected chi connectivity index (χ3v) is 3.55. The highest BCUT2D eigenvalue weighted by molar-refractivity contribution is 5.75. The maximum Gasteiger partial charge on any atom is 0.323 e. The number of rotatable bonds is 4. The summed E-state index contributed by atoms with van der Waals surface area (Å²) in [6, 6.07) is 8.38. The predicted octanol–water partition coefficient (Wildman–Crippen LogP) is 2.39. The fraction of sp³-hybridized carbons (Fsp3) is 0.533. The summed E-state index contributed by atoms with van der Waals surface area (Å²) in [5.41, 5.74) is 2.75. The summed E-state index contributed by atoms with van der Waals surface area (Å²) in [5.74, 6) is -0.0839. The number of carbonyl (C=O) groups excluding carboxylic acids is 1.